The molecule has 6 rings (SSSR count). The molecule has 0 aromatic heterocycles. The van der Waals surface area contributed by atoms with Gasteiger partial charge in [-0.1, -0.05) is 0 Å². The first-order valence-electron chi connectivity index (χ1n) is 10.3. The Hall–Kier alpha value is -1.56. The zero-order chi connectivity index (χ0) is 18.8. The average molecular weight is 389 g/mol. The first kappa shape index (κ1) is 17.5. The molecule has 1 aliphatic heterocycles. The van der Waals surface area contributed by atoms with E-state index < -0.39 is 10.0 Å². The highest BCUT2D eigenvalue weighted by atomic mass is 32.2. The zero-order valence-corrected chi connectivity index (χ0v) is 16.7. The van der Waals surface area contributed by atoms with Gasteiger partial charge in [-0.3, -0.25) is 9.10 Å². The Morgan fingerprint density at radius 1 is 1.11 bits per heavy atom. The number of rotatable bonds is 3. The van der Waals surface area contributed by atoms with Crippen molar-refractivity contribution >= 4 is 27.3 Å². The molecule has 0 atom stereocenters. The van der Waals surface area contributed by atoms with Crippen LogP contribution in [0.15, 0.2) is 18.2 Å². The number of hydrogen-bond acceptors (Lipinski definition) is 3. The van der Waals surface area contributed by atoms with Crippen LogP contribution in [-0.2, 0) is 14.8 Å². The van der Waals surface area contributed by atoms with Gasteiger partial charge in [0.2, 0.25) is 15.9 Å². The third-order valence-electron chi connectivity index (χ3n) is 7.34. The Morgan fingerprint density at radius 3 is 2.26 bits per heavy atom. The van der Waals surface area contributed by atoms with Crippen molar-refractivity contribution in [2.45, 2.75) is 51.9 Å². The molecule has 146 valence electrons. The number of carbonyl (C=O) groups excluding carboxylic acids is 1. The number of nitrogens with one attached hydrogen (secondary N) is 1. The normalized spacial score (nSPS) is 36.2. The van der Waals surface area contributed by atoms with E-state index in [1.54, 1.807) is 0 Å². The lowest BCUT2D eigenvalue weighted by Crippen LogP contribution is -2.51. The van der Waals surface area contributed by atoms with E-state index in [0.717, 1.165) is 54.0 Å². The molecular formula is C21H28N2O3S. The molecule has 6 heteroatoms. The SMILES string of the molecule is Cc1cc(NC(=O)C23CC4CC(CC(C4)C2)C3)ccc1N1CCCS1(=O)=O. The quantitative estimate of drug-likeness (QED) is 0.859. The Labute approximate surface area is 161 Å². The molecule has 0 spiro atoms. The molecule has 1 N–H and O–H groups in total. The molecule has 5 aliphatic rings. The summed E-state index contributed by atoms with van der Waals surface area (Å²) in [6.07, 6.45) is 7.79. The zero-order valence-electron chi connectivity index (χ0n) is 15.9. The molecule has 1 saturated heterocycles. The molecule has 5 nitrogen and oxygen atoms in total. The van der Waals surface area contributed by atoms with E-state index in [-0.39, 0.29) is 17.1 Å². The van der Waals surface area contributed by atoms with Crippen LogP contribution >= 0.6 is 0 Å². The van der Waals surface area contributed by atoms with Gasteiger partial charge in [0.25, 0.3) is 0 Å². The Balaban J connectivity index is 1.36. The fourth-order valence-corrected chi connectivity index (χ4v) is 8.20. The number of benzene rings is 1. The van der Waals surface area contributed by atoms with Crippen molar-refractivity contribution in [3.63, 3.8) is 0 Å². The second-order valence-electron chi connectivity index (χ2n) is 9.39. The number of sulfonamides is 1. The van der Waals surface area contributed by atoms with Gasteiger partial charge < -0.3 is 5.32 Å². The van der Waals surface area contributed by atoms with Crippen LogP contribution < -0.4 is 9.62 Å². The van der Waals surface area contributed by atoms with Crippen molar-refractivity contribution in [2.75, 3.05) is 21.9 Å². The van der Waals surface area contributed by atoms with Crippen LogP contribution in [0.2, 0.25) is 0 Å². The number of nitrogens with zero attached hydrogens (tertiary/aromatic N) is 1. The largest absolute Gasteiger partial charge is 0.326 e. The van der Waals surface area contributed by atoms with E-state index >= 15 is 0 Å². The van der Waals surface area contributed by atoms with Crippen molar-refractivity contribution in [1.29, 1.82) is 0 Å². The fraction of sp³-hybridized carbons (Fsp3) is 0.667. The van der Waals surface area contributed by atoms with Crippen molar-refractivity contribution in [1.82, 2.24) is 0 Å². The maximum atomic E-state index is 13.2. The summed E-state index contributed by atoms with van der Waals surface area (Å²) in [4.78, 5) is 13.2. The lowest BCUT2D eigenvalue weighted by atomic mass is 9.49. The molecule has 4 aliphatic carbocycles. The molecule has 1 amide bonds. The minimum absolute atomic E-state index is 0.167. The van der Waals surface area contributed by atoms with E-state index in [1.807, 2.05) is 25.1 Å². The highest BCUT2D eigenvalue weighted by Gasteiger charge is 2.54. The van der Waals surface area contributed by atoms with Crippen LogP contribution in [-0.4, -0.2) is 26.6 Å². The van der Waals surface area contributed by atoms with E-state index in [2.05, 4.69) is 5.32 Å². The maximum absolute atomic E-state index is 13.2. The van der Waals surface area contributed by atoms with Crippen molar-refractivity contribution in [3.8, 4) is 0 Å². The minimum Gasteiger partial charge on any atom is -0.326 e. The van der Waals surface area contributed by atoms with Gasteiger partial charge in [0, 0.05) is 12.2 Å². The Bertz CT molecular complexity index is 857. The summed E-state index contributed by atoms with van der Waals surface area (Å²) in [6.45, 7) is 2.46. The second kappa shape index (κ2) is 5.97. The number of aryl methyl sites for hydroxylation is 1. The van der Waals surface area contributed by atoms with Crippen LogP contribution in [0, 0.1) is 30.1 Å². The summed E-state index contributed by atoms with van der Waals surface area (Å²) in [7, 11) is -3.18. The van der Waals surface area contributed by atoms with Gasteiger partial charge in [-0.15, -0.1) is 0 Å². The van der Waals surface area contributed by atoms with Crippen LogP contribution in [0.3, 0.4) is 0 Å². The predicted octanol–water partition coefficient (Wildman–Crippen LogP) is 3.69. The number of carbonyl (C=O) groups is 1. The van der Waals surface area contributed by atoms with Crippen LogP contribution in [0.4, 0.5) is 11.4 Å². The molecule has 5 fully saturated rings. The number of amides is 1. The first-order chi connectivity index (χ1) is 12.8. The molecule has 1 heterocycles. The summed E-state index contributed by atoms with van der Waals surface area (Å²) in [5.74, 6) is 2.63. The van der Waals surface area contributed by atoms with Crippen molar-refractivity contribution < 1.29 is 13.2 Å². The highest BCUT2D eigenvalue weighted by Crippen LogP contribution is 2.60. The van der Waals surface area contributed by atoms with E-state index in [4.69, 9.17) is 0 Å². The molecular weight excluding hydrogens is 360 g/mol. The Kier molecular flexibility index (Phi) is 3.87. The van der Waals surface area contributed by atoms with E-state index in [9.17, 15) is 13.2 Å². The molecule has 0 radical (unpaired) electrons. The first-order valence-corrected chi connectivity index (χ1v) is 11.9. The van der Waals surface area contributed by atoms with Crippen molar-refractivity contribution in [3.05, 3.63) is 23.8 Å². The predicted molar refractivity (Wildman–Crippen MR) is 106 cm³/mol. The van der Waals surface area contributed by atoms with Crippen LogP contribution in [0.25, 0.3) is 0 Å². The second-order valence-corrected chi connectivity index (χ2v) is 11.4. The third-order valence-corrected chi connectivity index (χ3v) is 9.20. The monoisotopic (exact) mass is 388 g/mol. The van der Waals surface area contributed by atoms with E-state index in [0.29, 0.717) is 13.0 Å². The number of anilines is 2. The lowest BCUT2D eigenvalue weighted by Gasteiger charge is -2.55. The van der Waals surface area contributed by atoms with Crippen molar-refractivity contribution in [2.24, 2.45) is 23.2 Å². The summed E-state index contributed by atoms with van der Waals surface area (Å²) < 4.78 is 25.9. The molecule has 4 bridgehead atoms. The lowest BCUT2D eigenvalue weighted by molar-refractivity contribution is -0.140. The fourth-order valence-electron chi connectivity index (χ4n) is 6.58. The smallest absolute Gasteiger partial charge is 0.235 e. The molecule has 4 saturated carbocycles. The van der Waals surface area contributed by atoms with Gasteiger partial charge in [-0.05, 0) is 93.4 Å². The summed E-state index contributed by atoms with van der Waals surface area (Å²) in [5, 5.41) is 3.17. The molecule has 27 heavy (non-hydrogen) atoms. The van der Waals surface area contributed by atoms with Gasteiger partial charge in [-0.2, -0.15) is 0 Å². The number of hydrogen-bond donors (Lipinski definition) is 1. The van der Waals surface area contributed by atoms with Gasteiger partial charge >= 0.3 is 0 Å². The Morgan fingerprint density at radius 2 is 1.74 bits per heavy atom. The van der Waals surface area contributed by atoms with Crippen LogP contribution in [0.5, 0.6) is 0 Å². The van der Waals surface area contributed by atoms with Gasteiger partial charge in [0.1, 0.15) is 0 Å². The van der Waals surface area contributed by atoms with Gasteiger partial charge in [-0.25, -0.2) is 8.42 Å². The van der Waals surface area contributed by atoms with Crippen LogP contribution in [0.1, 0.15) is 50.5 Å². The minimum atomic E-state index is -3.18. The standard InChI is InChI=1S/C21H28N2O3S/c1-14-7-18(3-4-19(14)23-5-2-6-27(23,25)26)22-20(24)21-11-15-8-16(12-21)10-17(9-15)13-21/h3-4,7,15-17H,2,5-6,8-13H2,1H3,(H,22,24). The summed E-state index contributed by atoms with van der Waals surface area (Å²) >= 11 is 0. The molecule has 0 unspecified atom stereocenters. The van der Waals surface area contributed by atoms with E-state index in [1.165, 1.54) is 23.6 Å². The summed E-state index contributed by atoms with van der Waals surface area (Å²) in [6, 6.07) is 5.61. The molecule has 1 aromatic rings. The van der Waals surface area contributed by atoms with Gasteiger partial charge in [0.15, 0.2) is 0 Å². The third kappa shape index (κ3) is 2.87. The summed E-state index contributed by atoms with van der Waals surface area (Å²) in [5.41, 5.74) is 2.25. The topological polar surface area (TPSA) is 66.5 Å². The molecule has 1 aromatic carbocycles. The maximum Gasteiger partial charge on any atom is 0.235 e. The average Bonchev–Trinajstić information content (AvgIpc) is 2.93. The highest BCUT2D eigenvalue weighted by molar-refractivity contribution is 7.93. The van der Waals surface area contributed by atoms with Gasteiger partial charge in [0.05, 0.1) is 16.9 Å².